The number of rotatable bonds is 11. The summed E-state index contributed by atoms with van der Waals surface area (Å²) < 4.78 is 11.8. The standard InChI is InChI=1S/C23H25N3O5/c27-14-19(28)12-25-26-23(29)20-11-21(30-15-17-7-3-1-4-8-17)22(13-24-20)31-16-18-9-5-2-6-10-18/h1-11,13,19,25,27-28H,12,14-16H2,(H,26,29)/t19-/m1/s1. The molecular formula is C23H25N3O5. The first kappa shape index (κ1) is 22.2. The van der Waals surface area contributed by atoms with Gasteiger partial charge in [0.1, 0.15) is 18.9 Å². The van der Waals surface area contributed by atoms with Gasteiger partial charge in [-0.15, -0.1) is 0 Å². The van der Waals surface area contributed by atoms with Gasteiger partial charge in [-0.05, 0) is 11.1 Å². The molecule has 31 heavy (non-hydrogen) atoms. The van der Waals surface area contributed by atoms with Crippen LogP contribution in [0.5, 0.6) is 11.5 Å². The van der Waals surface area contributed by atoms with E-state index in [1.165, 1.54) is 12.3 Å². The van der Waals surface area contributed by atoms with E-state index < -0.39 is 18.6 Å². The van der Waals surface area contributed by atoms with Crippen LogP contribution < -0.4 is 20.3 Å². The fourth-order valence-corrected chi connectivity index (χ4v) is 2.62. The van der Waals surface area contributed by atoms with E-state index in [1.54, 1.807) is 0 Å². The van der Waals surface area contributed by atoms with Crippen molar-refractivity contribution in [1.29, 1.82) is 0 Å². The molecule has 0 unspecified atom stereocenters. The largest absolute Gasteiger partial charge is 0.485 e. The van der Waals surface area contributed by atoms with Gasteiger partial charge in [-0.1, -0.05) is 60.7 Å². The Morgan fingerprint density at radius 2 is 1.52 bits per heavy atom. The second-order valence-corrected chi connectivity index (χ2v) is 6.74. The van der Waals surface area contributed by atoms with Crippen LogP contribution in [0, 0.1) is 0 Å². The van der Waals surface area contributed by atoms with Gasteiger partial charge in [-0.2, -0.15) is 0 Å². The monoisotopic (exact) mass is 423 g/mol. The first-order chi connectivity index (χ1) is 15.2. The molecule has 0 aliphatic rings. The Morgan fingerprint density at radius 3 is 2.10 bits per heavy atom. The summed E-state index contributed by atoms with van der Waals surface area (Å²) in [5.41, 5.74) is 7.05. The molecule has 1 aromatic heterocycles. The second-order valence-electron chi connectivity index (χ2n) is 6.74. The fraction of sp³-hybridized carbons (Fsp3) is 0.217. The Morgan fingerprint density at radius 1 is 0.935 bits per heavy atom. The zero-order valence-electron chi connectivity index (χ0n) is 16.9. The third kappa shape index (κ3) is 7.07. The molecule has 8 heteroatoms. The smallest absolute Gasteiger partial charge is 0.284 e. The zero-order chi connectivity index (χ0) is 21.9. The van der Waals surface area contributed by atoms with Gasteiger partial charge in [0.15, 0.2) is 11.5 Å². The molecule has 3 rings (SSSR count). The molecule has 8 nitrogen and oxygen atoms in total. The lowest BCUT2D eigenvalue weighted by molar-refractivity contribution is 0.0819. The molecule has 0 bridgehead atoms. The number of benzene rings is 2. The lowest BCUT2D eigenvalue weighted by Crippen LogP contribution is -2.42. The number of nitrogens with zero attached hydrogens (tertiary/aromatic N) is 1. The summed E-state index contributed by atoms with van der Waals surface area (Å²) >= 11 is 0. The minimum Gasteiger partial charge on any atom is -0.485 e. The molecule has 3 aromatic rings. The average Bonchev–Trinajstić information content (AvgIpc) is 2.82. The molecule has 162 valence electrons. The molecule has 0 radical (unpaired) electrons. The van der Waals surface area contributed by atoms with Gasteiger partial charge in [0.25, 0.3) is 5.91 Å². The topological polar surface area (TPSA) is 113 Å². The normalized spacial score (nSPS) is 11.5. The summed E-state index contributed by atoms with van der Waals surface area (Å²) in [4.78, 5) is 16.5. The van der Waals surface area contributed by atoms with Crippen molar-refractivity contribution in [3.05, 3.63) is 89.7 Å². The predicted molar refractivity (Wildman–Crippen MR) is 114 cm³/mol. The number of ether oxygens (including phenoxy) is 2. The average molecular weight is 423 g/mol. The molecule has 1 atom stereocenters. The number of hydrazine groups is 1. The van der Waals surface area contributed by atoms with Crippen LogP contribution in [-0.4, -0.2) is 40.4 Å². The third-order valence-corrected chi connectivity index (χ3v) is 4.29. The number of carbonyl (C=O) groups is 1. The van der Waals surface area contributed by atoms with Crippen molar-refractivity contribution >= 4 is 5.91 Å². The summed E-state index contributed by atoms with van der Waals surface area (Å²) in [5, 5.41) is 18.2. The van der Waals surface area contributed by atoms with Crippen molar-refractivity contribution in [2.24, 2.45) is 0 Å². The minimum atomic E-state index is -0.980. The molecule has 0 spiro atoms. The number of pyridine rings is 1. The van der Waals surface area contributed by atoms with Crippen molar-refractivity contribution in [1.82, 2.24) is 15.8 Å². The molecule has 0 fully saturated rings. The molecule has 0 aliphatic heterocycles. The van der Waals surface area contributed by atoms with Gasteiger partial charge in [0, 0.05) is 12.6 Å². The van der Waals surface area contributed by atoms with Crippen LogP contribution >= 0.6 is 0 Å². The summed E-state index contributed by atoms with van der Waals surface area (Å²) in [6.07, 6.45) is 0.465. The van der Waals surface area contributed by atoms with Crippen molar-refractivity contribution in [2.45, 2.75) is 19.3 Å². The highest BCUT2D eigenvalue weighted by atomic mass is 16.5. The van der Waals surface area contributed by atoms with Crippen molar-refractivity contribution in [3.8, 4) is 11.5 Å². The Balaban J connectivity index is 1.71. The number of aromatic nitrogens is 1. The summed E-state index contributed by atoms with van der Waals surface area (Å²) in [6, 6.07) is 20.8. The first-order valence-electron chi connectivity index (χ1n) is 9.81. The van der Waals surface area contributed by atoms with Gasteiger partial charge in [-0.25, -0.2) is 10.4 Å². The number of carbonyl (C=O) groups excluding carboxylic acids is 1. The Kier molecular flexibility index (Phi) is 8.36. The molecule has 0 saturated carbocycles. The number of aliphatic hydroxyl groups is 2. The molecule has 1 amide bonds. The first-order valence-corrected chi connectivity index (χ1v) is 9.81. The van der Waals surface area contributed by atoms with Crippen LogP contribution in [0.25, 0.3) is 0 Å². The van der Waals surface area contributed by atoms with Gasteiger partial charge < -0.3 is 19.7 Å². The lowest BCUT2D eigenvalue weighted by Gasteiger charge is -2.14. The van der Waals surface area contributed by atoms with E-state index in [9.17, 15) is 9.90 Å². The Bertz CT molecular complexity index is 954. The van der Waals surface area contributed by atoms with E-state index in [0.29, 0.717) is 24.7 Å². The number of hydrogen-bond acceptors (Lipinski definition) is 7. The molecule has 2 aromatic carbocycles. The maximum absolute atomic E-state index is 12.4. The van der Waals surface area contributed by atoms with E-state index in [0.717, 1.165) is 11.1 Å². The highest BCUT2D eigenvalue weighted by molar-refractivity contribution is 5.92. The summed E-state index contributed by atoms with van der Waals surface area (Å²) in [6.45, 7) is 0.217. The van der Waals surface area contributed by atoms with Crippen molar-refractivity contribution < 1.29 is 24.5 Å². The Hall–Kier alpha value is -3.46. The van der Waals surface area contributed by atoms with E-state index in [4.69, 9.17) is 14.6 Å². The van der Waals surface area contributed by atoms with E-state index >= 15 is 0 Å². The molecule has 1 heterocycles. The quantitative estimate of drug-likeness (QED) is 0.348. The predicted octanol–water partition coefficient (Wildman–Crippen LogP) is 1.83. The van der Waals surface area contributed by atoms with E-state index in [-0.39, 0.29) is 12.2 Å². The minimum absolute atomic E-state index is 0.00211. The second kappa shape index (κ2) is 11.7. The lowest BCUT2D eigenvalue weighted by atomic mass is 10.2. The maximum atomic E-state index is 12.4. The maximum Gasteiger partial charge on any atom is 0.284 e. The number of aliphatic hydroxyl groups excluding tert-OH is 2. The molecular weight excluding hydrogens is 398 g/mol. The molecule has 0 aliphatic carbocycles. The SMILES string of the molecule is O=C(NNC[C@@H](O)CO)c1cc(OCc2ccccc2)c(OCc2ccccc2)cn1. The van der Waals surface area contributed by atoms with E-state index in [2.05, 4.69) is 15.8 Å². The Labute approximate surface area is 180 Å². The van der Waals surface area contributed by atoms with Crippen LogP contribution in [0.1, 0.15) is 21.6 Å². The number of amides is 1. The number of hydrogen-bond donors (Lipinski definition) is 4. The van der Waals surface area contributed by atoms with Gasteiger partial charge >= 0.3 is 0 Å². The van der Waals surface area contributed by atoms with Crippen LogP contribution in [0.4, 0.5) is 0 Å². The summed E-state index contributed by atoms with van der Waals surface area (Å²) in [7, 11) is 0. The van der Waals surface area contributed by atoms with Crippen molar-refractivity contribution in [3.63, 3.8) is 0 Å². The highest BCUT2D eigenvalue weighted by Gasteiger charge is 2.14. The molecule has 4 N–H and O–H groups in total. The zero-order valence-corrected chi connectivity index (χ0v) is 16.9. The summed E-state index contributed by atoms with van der Waals surface area (Å²) in [5.74, 6) is 0.291. The molecule has 0 saturated heterocycles. The third-order valence-electron chi connectivity index (χ3n) is 4.29. The van der Waals surface area contributed by atoms with Crippen LogP contribution in [0.3, 0.4) is 0 Å². The van der Waals surface area contributed by atoms with E-state index in [1.807, 2.05) is 60.7 Å². The van der Waals surface area contributed by atoms with Crippen LogP contribution in [0.2, 0.25) is 0 Å². The fourth-order valence-electron chi connectivity index (χ4n) is 2.62. The van der Waals surface area contributed by atoms with Crippen LogP contribution in [-0.2, 0) is 13.2 Å². The van der Waals surface area contributed by atoms with Crippen molar-refractivity contribution in [2.75, 3.05) is 13.2 Å². The van der Waals surface area contributed by atoms with Crippen LogP contribution in [0.15, 0.2) is 72.9 Å². The van der Waals surface area contributed by atoms with Gasteiger partial charge in [0.2, 0.25) is 0 Å². The highest BCUT2D eigenvalue weighted by Crippen LogP contribution is 2.28. The number of nitrogens with one attached hydrogen (secondary N) is 2. The van der Waals surface area contributed by atoms with Gasteiger partial charge in [0.05, 0.1) is 18.9 Å². The van der Waals surface area contributed by atoms with Gasteiger partial charge in [-0.3, -0.25) is 10.2 Å².